The Hall–Kier alpha value is -2.71. The number of carbonyl (C=O) groups excluding carboxylic acids is 1. The summed E-state index contributed by atoms with van der Waals surface area (Å²) in [5.74, 6) is 0.108. The van der Waals surface area contributed by atoms with E-state index in [9.17, 15) is 4.79 Å². The van der Waals surface area contributed by atoms with Crippen molar-refractivity contribution in [1.82, 2.24) is 20.3 Å². The van der Waals surface area contributed by atoms with Gasteiger partial charge in [0.05, 0.1) is 18.1 Å². The van der Waals surface area contributed by atoms with E-state index in [0.717, 1.165) is 26.1 Å². The second-order valence-corrected chi connectivity index (χ2v) is 7.14. The summed E-state index contributed by atoms with van der Waals surface area (Å²) in [5.41, 5.74) is 3.43. The fourth-order valence-electron chi connectivity index (χ4n) is 3.67. The van der Waals surface area contributed by atoms with Gasteiger partial charge in [0.2, 0.25) is 0 Å². The van der Waals surface area contributed by atoms with E-state index in [2.05, 4.69) is 62.6 Å². The van der Waals surface area contributed by atoms with Crippen molar-refractivity contribution in [2.24, 2.45) is 0 Å². The van der Waals surface area contributed by atoms with Gasteiger partial charge in [0.15, 0.2) is 0 Å². The van der Waals surface area contributed by atoms with Crippen molar-refractivity contribution in [3.63, 3.8) is 0 Å². The third kappa shape index (κ3) is 6.38. The Balaban J connectivity index is 0.00000171. The highest BCUT2D eigenvalue weighted by Crippen LogP contribution is 2.22. The molecule has 2 aromatic carbocycles. The average molecular weight is 462 g/mol. The van der Waals surface area contributed by atoms with E-state index in [1.165, 1.54) is 34.0 Å². The predicted molar refractivity (Wildman–Crippen MR) is 127 cm³/mol. The highest BCUT2D eigenvalue weighted by molar-refractivity contribution is 5.90. The molecule has 2 heterocycles. The van der Waals surface area contributed by atoms with Crippen LogP contribution in [0.2, 0.25) is 0 Å². The van der Waals surface area contributed by atoms with E-state index in [0.29, 0.717) is 17.6 Å². The van der Waals surface area contributed by atoms with Crippen LogP contribution in [0.3, 0.4) is 0 Å². The molecular formula is C22H25Cl2N5O2. The minimum atomic E-state index is -0.605. The lowest BCUT2D eigenvalue weighted by Crippen LogP contribution is -2.26. The zero-order chi connectivity index (χ0) is 20.1. The maximum absolute atomic E-state index is 11.0. The van der Waals surface area contributed by atoms with Gasteiger partial charge >= 0.3 is 0 Å². The van der Waals surface area contributed by atoms with Crippen molar-refractivity contribution < 1.29 is 10.0 Å². The van der Waals surface area contributed by atoms with Gasteiger partial charge in [-0.1, -0.05) is 42.5 Å². The summed E-state index contributed by atoms with van der Waals surface area (Å²) >= 11 is 0. The number of hydroxylamine groups is 1. The molecule has 3 aromatic rings. The lowest BCUT2D eigenvalue weighted by Gasteiger charge is -2.18. The first-order valence-electron chi connectivity index (χ1n) is 9.61. The van der Waals surface area contributed by atoms with Crippen LogP contribution < -0.4 is 10.8 Å². The lowest BCUT2D eigenvalue weighted by molar-refractivity contribution is -0.124. The van der Waals surface area contributed by atoms with Gasteiger partial charge in [0.1, 0.15) is 5.82 Å². The number of hydrogen-bond donors (Lipinski definition) is 3. The summed E-state index contributed by atoms with van der Waals surface area (Å²) in [6.07, 6.45) is 6.98. The Kier molecular flexibility index (Phi) is 9.21. The van der Waals surface area contributed by atoms with Crippen LogP contribution in [0.4, 0.5) is 5.82 Å². The number of benzene rings is 2. The molecule has 0 aliphatic carbocycles. The normalized spacial score (nSPS) is 16.0. The zero-order valence-corrected chi connectivity index (χ0v) is 18.4. The largest absolute Gasteiger partial charge is 0.365 e. The van der Waals surface area contributed by atoms with Crippen LogP contribution in [0.25, 0.3) is 16.8 Å². The topological polar surface area (TPSA) is 90.4 Å². The van der Waals surface area contributed by atoms with E-state index >= 15 is 0 Å². The molecule has 31 heavy (non-hydrogen) atoms. The van der Waals surface area contributed by atoms with E-state index in [1.807, 2.05) is 0 Å². The number of anilines is 1. The third-order valence-electron chi connectivity index (χ3n) is 5.09. The maximum atomic E-state index is 11.0. The van der Waals surface area contributed by atoms with Crippen molar-refractivity contribution in [1.29, 1.82) is 0 Å². The van der Waals surface area contributed by atoms with Gasteiger partial charge in [0.25, 0.3) is 5.91 Å². The monoisotopic (exact) mass is 461 g/mol. The number of hydrogen-bond acceptors (Lipinski definition) is 6. The molecule has 4 rings (SSSR count). The number of carbonyl (C=O) groups is 1. The number of rotatable bonds is 6. The minimum Gasteiger partial charge on any atom is -0.365 e. The first kappa shape index (κ1) is 24.6. The van der Waals surface area contributed by atoms with E-state index < -0.39 is 5.91 Å². The van der Waals surface area contributed by atoms with Crippen molar-refractivity contribution >= 4 is 53.4 Å². The summed E-state index contributed by atoms with van der Waals surface area (Å²) in [4.78, 5) is 22.1. The van der Waals surface area contributed by atoms with Gasteiger partial charge < -0.3 is 5.32 Å². The van der Waals surface area contributed by atoms with E-state index in [-0.39, 0.29) is 24.8 Å². The van der Waals surface area contributed by atoms with Crippen molar-refractivity contribution in [2.75, 3.05) is 18.4 Å². The van der Waals surface area contributed by atoms with Gasteiger partial charge in [-0.2, -0.15) is 0 Å². The van der Waals surface area contributed by atoms with Crippen LogP contribution in [0.1, 0.15) is 17.7 Å². The molecule has 1 aliphatic heterocycles. The van der Waals surface area contributed by atoms with Gasteiger partial charge in [-0.3, -0.25) is 19.9 Å². The Bertz CT molecular complexity index is 1020. The third-order valence-corrected chi connectivity index (χ3v) is 5.09. The van der Waals surface area contributed by atoms with Crippen molar-refractivity contribution in [2.45, 2.75) is 19.0 Å². The summed E-state index contributed by atoms with van der Waals surface area (Å²) in [5, 5.41) is 14.5. The summed E-state index contributed by atoms with van der Waals surface area (Å²) in [7, 11) is 0. The molecule has 1 atom stereocenters. The van der Waals surface area contributed by atoms with Crippen LogP contribution in [0, 0.1) is 0 Å². The first-order chi connectivity index (χ1) is 14.2. The van der Waals surface area contributed by atoms with Crippen LogP contribution >= 0.6 is 24.8 Å². The number of nitrogens with zero attached hydrogens (tertiary/aromatic N) is 3. The average Bonchev–Trinajstić information content (AvgIpc) is 3.20. The molecular weight excluding hydrogens is 437 g/mol. The van der Waals surface area contributed by atoms with E-state index in [1.54, 1.807) is 12.4 Å². The minimum absolute atomic E-state index is 0. The number of likely N-dealkylation sites (tertiary alicyclic amines) is 1. The first-order valence-corrected chi connectivity index (χ1v) is 9.61. The van der Waals surface area contributed by atoms with Gasteiger partial charge in [-0.15, -0.1) is 24.8 Å². The molecule has 164 valence electrons. The highest BCUT2D eigenvalue weighted by atomic mass is 35.5. The molecule has 1 saturated heterocycles. The summed E-state index contributed by atoms with van der Waals surface area (Å²) in [6, 6.07) is 15.3. The quantitative estimate of drug-likeness (QED) is 0.294. The van der Waals surface area contributed by atoms with Gasteiger partial charge in [-0.25, -0.2) is 10.5 Å². The molecule has 3 N–H and O–H groups in total. The molecule has 0 bridgehead atoms. The van der Waals surface area contributed by atoms with E-state index in [4.69, 9.17) is 5.21 Å². The Labute approximate surface area is 193 Å². The fraction of sp³-hybridized carbons (Fsp3) is 0.227. The van der Waals surface area contributed by atoms with Crippen LogP contribution in [0.15, 0.2) is 60.9 Å². The predicted octanol–water partition coefficient (Wildman–Crippen LogP) is 3.68. The second-order valence-electron chi connectivity index (χ2n) is 7.14. The number of halogens is 2. The second kappa shape index (κ2) is 11.6. The number of aromatic nitrogens is 2. The molecule has 1 amide bonds. The summed E-state index contributed by atoms with van der Waals surface area (Å²) in [6.45, 7) is 2.91. The standard InChI is InChI=1S/C22H23N5O2.2ClH/c28-22(26-29)9-8-18-12-24-21(13-23-18)25-19-10-11-27(15-19)14-17-6-3-5-16-4-1-2-7-20(16)17;;/h1-9,12-13,19,29H,10-11,14-15H2,(H,24,25)(H,26,28);2*1H/b9-8+;;/t19-;;/m1../s1. The summed E-state index contributed by atoms with van der Waals surface area (Å²) < 4.78 is 0. The Morgan fingerprint density at radius 3 is 2.71 bits per heavy atom. The SMILES string of the molecule is Cl.Cl.O=C(/C=C/c1cnc(N[C@@H]2CCN(Cc3cccc4ccccc34)C2)cn1)NO. The lowest BCUT2D eigenvalue weighted by atomic mass is 10.0. The maximum Gasteiger partial charge on any atom is 0.267 e. The smallest absolute Gasteiger partial charge is 0.267 e. The number of nitrogens with one attached hydrogen (secondary N) is 2. The van der Waals surface area contributed by atoms with Gasteiger partial charge in [-0.05, 0) is 28.8 Å². The molecule has 0 unspecified atom stereocenters. The van der Waals surface area contributed by atoms with Crippen LogP contribution in [0.5, 0.6) is 0 Å². The number of fused-ring (bicyclic) bond motifs is 1. The molecule has 0 spiro atoms. The van der Waals surface area contributed by atoms with Gasteiger partial charge in [0, 0.05) is 31.8 Å². The van der Waals surface area contributed by atoms with Crippen LogP contribution in [-0.4, -0.2) is 45.1 Å². The highest BCUT2D eigenvalue weighted by Gasteiger charge is 2.23. The van der Waals surface area contributed by atoms with Crippen LogP contribution in [-0.2, 0) is 11.3 Å². The van der Waals surface area contributed by atoms with Crippen molar-refractivity contribution in [3.05, 3.63) is 72.2 Å². The Morgan fingerprint density at radius 1 is 1.13 bits per heavy atom. The molecule has 1 fully saturated rings. The fourth-order valence-corrected chi connectivity index (χ4v) is 3.67. The number of amides is 1. The van der Waals surface area contributed by atoms with Crippen molar-refractivity contribution in [3.8, 4) is 0 Å². The zero-order valence-electron chi connectivity index (χ0n) is 16.8. The molecule has 1 aromatic heterocycles. The molecule has 0 saturated carbocycles. The molecule has 0 radical (unpaired) electrons. The molecule has 7 nitrogen and oxygen atoms in total. The molecule has 9 heteroatoms. The molecule has 1 aliphatic rings. The Morgan fingerprint density at radius 2 is 1.94 bits per heavy atom.